The molecule has 0 saturated carbocycles. The first-order valence-electron chi connectivity index (χ1n) is 9.61. The number of carbonyl (C=O) groups excluding carboxylic acids is 1. The summed E-state index contributed by atoms with van der Waals surface area (Å²) in [5, 5.41) is 0.744. The molecule has 0 radical (unpaired) electrons. The lowest BCUT2D eigenvalue weighted by atomic mass is 10.1. The Balaban J connectivity index is 1.56. The second-order valence-electron chi connectivity index (χ2n) is 7.22. The molecule has 1 fully saturated rings. The highest BCUT2D eigenvalue weighted by Gasteiger charge is 2.34. The summed E-state index contributed by atoms with van der Waals surface area (Å²) < 4.78 is 30.2. The summed E-state index contributed by atoms with van der Waals surface area (Å²) in [6, 6.07) is 14.9. The van der Waals surface area contributed by atoms with Crippen molar-refractivity contribution in [3.05, 3.63) is 65.2 Å². The molecule has 1 unspecified atom stereocenters. The monoisotopic (exact) mass is 442 g/mol. The fourth-order valence-electron chi connectivity index (χ4n) is 3.54. The van der Waals surface area contributed by atoms with Crippen LogP contribution >= 0.6 is 11.3 Å². The quantitative estimate of drug-likeness (QED) is 0.546. The van der Waals surface area contributed by atoms with Crippen molar-refractivity contribution < 1.29 is 17.9 Å². The van der Waals surface area contributed by atoms with Crippen molar-refractivity contribution in [2.24, 2.45) is 0 Å². The van der Waals surface area contributed by atoms with Gasteiger partial charge in [-0.15, -0.1) is 11.3 Å². The third-order valence-electron chi connectivity index (χ3n) is 5.12. The van der Waals surface area contributed by atoms with Gasteiger partial charge in [0, 0.05) is 18.7 Å². The highest BCUT2D eigenvalue weighted by atomic mass is 32.2. The van der Waals surface area contributed by atoms with E-state index in [1.54, 1.807) is 18.1 Å². The number of amides is 1. The van der Waals surface area contributed by atoms with Crippen molar-refractivity contribution in [1.82, 2.24) is 9.88 Å². The Morgan fingerprint density at radius 3 is 2.67 bits per heavy atom. The normalized spacial score (nSPS) is 18.1. The van der Waals surface area contributed by atoms with Crippen LogP contribution < -0.4 is 4.74 Å². The number of sulfone groups is 1. The third-order valence-corrected chi connectivity index (χ3v) is 7.88. The lowest BCUT2D eigenvalue weighted by molar-refractivity contribution is -0.128. The summed E-state index contributed by atoms with van der Waals surface area (Å²) in [6.45, 7) is 0.340. The lowest BCUT2D eigenvalue weighted by Gasteiger charge is -2.27. The Morgan fingerprint density at radius 2 is 2.00 bits per heavy atom. The fourth-order valence-corrected chi connectivity index (χ4v) is 6.14. The van der Waals surface area contributed by atoms with Gasteiger partial charge in [-0.2, -0.15) is 0 Å². The smallest absolute Gasteiger partial charge is 0.247 e. The zero-order valence-corrected chi connectivity index (χ0v) is 18.2. The second-order valence-corrected chi connectivity index (χ2v) is 10.5. The molecule has 2 aromatic carbocycles. The predicted molar refractivity (Wildman–Crippen MR) is 119 cm³/mol. The minimum atomic E-state index is -3.11. The SMILES string of the molecule is COc1ccc(CN(C(=O)/C=C/c2nc3ccccc3s2)C2CCS(=O)(=O)C2)cc1. The fraction of sp³-hybridized carbons (Fsp3) is 0.273. The Bertz CT molecular complexity index is 1150. The standard InChI is InChI=1S/C22H22N2O4S2/c1-28-18-8-6-16(7-9-18)14-24(17-12-13-30(26,27)15-17)22(25)11-10-21-23-19-4-2-3-5-20(19)29-21/h2-11,17H,12-15H2,1H3/b11-10+. The van der Waals surface area contributed by atoms with Crippen LogP contribution in [0, 0.1) is 0 Å². The molecule has 1 aliphatic rings. The molecule has 0 N–H and O–H groups in total. The molecule has 1 saturated heterocycles. The number of hydrogen-bond donors (Lipinski definition) is 0. The average Bonchev–Trinajstić information content (AvgIpc) is 3.33. The van der Waals surface area contributed by atoms with Crippen molar-refractivity contribution in [1.29, 1.82) is 0 Å². The van der Waals surface area contributed by atoms with Crippen molar-refractivity contribution >= 4 is 43.4 Å². The first-order valence-corrected chi connectivity index (χ1v) is 12.2. The molecule has 8 heteroatoms. The maximum Gasteiger partial charge on any atom is 0.247 e. The second kappa shape index (κ2) is 8.57. The van der Waals surface area contributed by atoms with Crippen LogP contribution in [-0.4, -0.2) is 48.9 Å². The molecule has 4 rings (SSSR count). The predicted octanol–water partition coefficient (Wildman–Crippen LogP) is 3.53. The van der Waals surface area contributed by atoms with Crippen molar-refractivity contribution in [3.63, 3.8) is 0 Å². The molecular formula is C22H22N2O4S2. The number of carbonyl (C=O) groups is 1. The number of benzene rings is 2. The van der Waals surface area contributed by atoms with Gasteiger partial charge < -0.3 is 9.64 Å². The number of thiazole rings is 1. The third kappa shape index (κ3) is 4.71. The highest BCUT2D eigenvalue weighted by Crippen LogP contribution is 2.24. The van der Waals surface area contributed by atoms with Crippen LogP contribution in [0.15, 0.2) is 54.6 Å². The number of nitrogens with zero attached hydrogens (tertiary/aromatic N) is 2. The van der Waals surface area contributed by atoms with E-state index in [2.05, 4.69) is 4.98 Å². The summed E-state index contributed by atoms with van der Waals surface area (Å²) in [7, 11) is -1.51. The van der Waals surface area contributed by atoms with Gasteiger partial charge >= 0.3 is 0 Å². The average molecular weight is 443 g/mol. The van der Waals surface area contributed by atoms with E-state index in [4.69, 9.17) is 4.74 Å². The van der Waals surface area contributed by atoms with Crippen molar-refractivity contribution in [2.45, 2.75) is 19.0 Å². The molecule has 0 bridgehead atoms. The minimum absolute atomic E-state index is 0.00384. The van der Waals surface area contributed by atoms with Gasteiger partial charge in [-0.1, -0.05) is 24.3 Å². The van der Waals surface area contributed by atoms with Gasteiger partial charge in [0.25, 0.3) is 0 Å². The Hall–Kier alpha value is -2.71. The molecule has 1 amide bonds. The minimum Gasteiger partial charge on any atom is -0.497 e. The van der Waals surface area contributed by atoms with Gasteiger partial charge in [0.1, 0.15) is 10.8 Å². The van der Waals surface area contributed by atoms with Gasteiger partial charge in [0.15, 0.2) is 9.84 Å². The van der Waals surface area contributed by atoms with Gasteiger partial charge in [0.05, 0.1) is 28.8 Å². The molecule has 30 heavy (non-hydrogen) atoms. The van der Waals surface area contributed by atoms with Crippen molar-refractivity contribution in [2.75, 3.05) is 18.6 Å². The van der Waals surface area contributed by atoms with Gasteiger partial charge in [-0.3, -0.25) is 4.79 Å². The molecule has 1 aromatic heterocycles. The maximum absolute atomic E-state index is 13.1. The van der Waals surface area contributed by atoms with E-state index in [1.807, 2.05) is 48.5 Å². The lowest BCUT2D eigenvalue weighted by Crippen LogP contribution is -2.39. The van der Waals surface area contributed by atoms with E-state index in [0.29, 0.717) is 13.0 Å². The van der Waals surface area contributed by atoms with E-state index in [1.165, 1.54) is 17.4 Å². The molecule has 156 valence electrons. The number of fused-ring (bicyclic) bond motifs is 1. The maximum atomic E-state index is 13.1. The number of ether oxygens (including phenoxy) is 1. The highest BCUT2D eigenvalue weighted by molar-refractivity contribution is 7.91. The van der Waals surface area contributed by atoms with Gasteiger partial charge in [-0.05, 0) is 42.3 Å². The van der Waals surface area contributed by atoms with E-state index >= 15 is 0 Å². The van der Waals surface area contributed by atoms with E-state index in [0.717, 1.165) is 26.5 Å². The number of para-hydroxylation sites is 1. The van der Waals surface area contributed by atoms with Crippen LogP contribution in [0.4, 0.5) is 0 Å². The zero-order valence-electron chi connectivity index (χ0n) is 16.5. The van der Waals surface area contributed by atoms with E-state index in [-0.39, 0.29) is 23.5 Å². The first kappa shape index (κ1) is 20.6. The number of hydrogen-bond acceptors (Lipinski definition) is 6. The number of aromatic nitrogens is 1. The molecule has 2 heterocycles. The molecule has 0 aliphatic carbocycles. The van der Waals surface area contributed by atoms with Crippen LogP contribution in [0.25, 0.3) is 16.3 Å². The van der Waals surface area contributed by atoms with Crippen LogP contribution in [0.2, 0.25) is 0 Å². The summed E-state index contributed by atoms with van der Waals surface area (Å²) >= 11 is 1.51. The summed E-state index contributed by atoms with van der Waals surface area (Å²) in [5.74, 6) is 0.637. The van der Waals surface area contributed by atoms with Crippen LogP contribution in [0.3, 0.4) is 0 Å². The van der Waals surface area contributed by atoms with Gasteiger partial charge in [0.2, 0.25) is 5.91 Å². The number of rotatable bonds is 6. The molecule has 1 atom stereocenters. The van der Waals surface area contributed by atoms with Crippen molar-refractivity contribution in [3.8, 4) is 5.75 Å². The van der Waals surface area contributed by atoms with Crippen LogP contribution in [0.1, 0.15) is 17.0 Å². The molecule has 1 aliphatic heterocycles. The molecule has 0 spiro atoms. The van der Waals surface area contributed by atoms with Gasteiger partial charge in [-0.25, -0.2) is 13.4 Å². The largest absolute Gasteiger partial charge is 0.497 e. The zero-order chi connectivity index (χ0) is 21.1. The summed E-state index contributed by atoms with van der Waals surface area (Å²) in [4.78, 5) is 19.2. The Morgan fingerprint density at radius 1 is 1.23 bits per heavy atom. The summed E-state index contributed by atoms with van der Waals surface area (Å²) in [5.41, 5.74) is 1.81. The number of methoxy groups -OCH3 is 1. The molecule has 6 nitrogen and oxygen atoms in total. The van der Waals surface area contributed by atoms with Crippen LogP contribution in [0.5, 0.6) is 5.75 Å². The molecule has 3 aromatic rings. The van der Waals surface area contributed by atoms with Crippen LogP contribution in [-0.2, 0) is 21.2 Å². The first-order chi connectivity index (χ1) is 14.4. The van der Waals surface area contributed by atoms with E-state index < -0.39 is 9.84 Å². The van der Waals surface area contributed by atoms with E-state index in [9.17, 15) is 13.2 Å². The topological polar surface area (TPSA) is 76.6 Å². The Kier molecular flexibility index (Phi) is 5.87. The molecular weight excluding hydrogens is 420 g/mol. The Labute approximate surface area is 179 Å². The summed E-state index contributed by atoms with van der Waals surface area (Å²) in [6.07, 6.45) is 3.66.